The highest BCUT2D eigenvalue weighted by atomic mass is 19.4. The van der Waals surface area contributed by atoms with Gasteiger partial charge in [0.05, 0.1) is 5.69 Å². The molecule has 1 fully saturated rings. The number of anilines is 1. The summed E-state index contributed by atoms with van der Waals surface area (Å²) in [6.07, 6.45) is -4.29. The van der Waals surface area contributed by atoms with E-state index < -0.39 is 23.7 Å². The largest absolute Gasteiger partial charge is 0.435 e. The van der Waals surface area contributed by atoms with Gasteiger partial charge in [-0.2, -0.15) is 31.4 Å². The maximum Gasteiger partial charge on any atom is 0.435 e. The van der Waals surface area contributed by atoms with Crippen LogP contribution in [-0.2, 0) is 17.1 Å². The molecule has 3 rings (SSSR count). The van der Waals surface area contributed by atoms with E-state index in [0.717, 1.165) is 19.3 Å². The van der Waals surface area contributed by atoms with Gasteiger partial charge >= 0.3 is 12.4 Å². The second-order valence-corrected chi connectivity index (χ2v) is 7.11. The number of halogens is 6. The van der Waals surface area contributed by atoms with Crippen LogP contribution in [0.4, 0.5) is 32.0 Å². The molecule has 10 heteroatoms. The third-order valence-electron chi connectivity index (χ3n) is 4.94. The Morgan fingerprint density at radius 3 is 2.21 bits per heavy atom. The summed E-state index contributed by atoms with van der Waals surface area (Å²) in [4.78, 5) is 12.0. The molecule has 0 aliphatic heterocycles. The van der Waals surface area contributed by atoms with E-state index >= 15 is 0 Å². The van der Waals surface area contributed by atoms with Crippen LogP contribution in [-0.4, -0.2) is 15.7 Å². The highest BCUT2D eigenvalue weighted by molar-refractivity contribution is 5.90. The van der Waals surface area contributed by atoms with Crippen molar-refractivity contribution in [3.05, 3.63) is 41.7 Å². The summed E-state index contributed by atoms with van der Waals surface area (Å²) in [5.74, 6) is 0.339. The Kier molecular flexibility index (Phi) is 5.90. The van der Waals surface area contributed by atoms with Gasteiger partial charge in [-0.05, 0) is 36.6 Å². The summed E-state index contributed by atoms with van der Waals surface area (Å²) in [6.45, 7) is 0. The predicted molar refractivity (Wildman–Crippen MR) is 93.4 cm³/mol. The Hall–Kier alpha value is -2.52. The number of nitrogens with one attached hydrogen (secondary N) is 1. The molecule has 0 unspecified atom stereocenters. The van der Waals surface area contributed by atoms with Crippen molar-refractivity contribution >= 4 is 11.6 Å². The molecular weight excluding hydrogens is 400 g/mol. The smallest absolute Gasteiger partial charge is 0.326 e. The zero-order valence-electron chi connectivity index (χ0n) is 15.3. The fraction of sp³-hybridized carbons (Fsp3) is 0.474. The molecule has 1 N–H and O–H groups in total. The van der Waals surface area contributed by atoms with Crippen LogP contribution in [0.25, 0.3) is 5.69 Å². The molecule has 2 aromatic rings. The first-order valence-electron chi connectivity index (χ1n) is 9.19. The molecule has 0 atom stereocenters. The van der Waals surface area contributed by atoms with E-state index in [-0.39, 0.29) is 22.3 Å². The maximum atomic E-state index is 13.1. The fourth-order valence-corrected chi connectivity index (χ4v) is 3.46. The number of nitrogens with zero attached hydrogens (tertiary/aromatic N) is 2. The number of alkyl halides is 6. The minimum atomic E-state index is -5.01. The van der Waals surface area contributed by atoms with E-state index in [1.165, 1.54) is 37.1 Å². The molecule has 29 heavy (non-hydrogen) atoms. The number of carbonyl (C=O) groups excluding carboxylic acids is 1. The summed E-state index contributed by atoms with van der Waals surface area (Å²) in [7, 11) is 0. The van der Waals surface area contributed by atoms with Gasteiger partial charge in [-0.3, -0.25) is 4.79 Å². The Bertz CT molecular complexity index is 848. The predicted octanol–water partition coefficient (Wildman–Crippen LogP) is 5.82. The lowest BCUT2D eigenvalue weighted by Crippen LogP contribution is -2.14. The lowest BCUT2D eigenvalue weighted by molar-refractivity contribution is -0.143. The summed E-state index contributed by atoms with van der Waals surface area (Å²) < 4.78 is 77.9. The Morgan fingerprint density at radius 1 is 1.03 bits per heavy atom. The van der Waals surface area contributed by atoms with Gasteiger partial charge in [-0.1, -0.05) is 25.7 Å². The van der Waals surface area contributed by atoms with E-state index in [2.05, 4.69) is 10.4 Å². The average Bonchev–Trinajstić information content (AvgIpc) is 3.29. The number of hydrogen-bond acceptors (Lipinski definition) is 2. The first-order valence-corrected chi connectivity index (χ1v) is 9.19. The normalized spacial score (nSPS) is 15.7. The van der Waals surface area contributed by atoms with Gasteiger partial charge in [-0.25, -0.2) is 4.68 Å². The molecule has 1 heterocycles. The van der Waals surface area contributed by atoms with Gasteiger partial charge in [-0.15, -0.1) is 0 Å². The molecular formula is C19H19F6N3O. The van der Waals surface area contributed by atoms with Gasteiger partial charge in [0, 0.05) is 18.2 Å². The van der Waals surface area contributed by atoms with Gasteiger partial charge in [0.2, 0.25) is 5.91 Å². The van der Waals surface area contributed by atoms with E-state index in [0.29, 0.717) is 18.0 Å². The van der Waals surface area contributed by atoms with Crippen molar-refractivity contribution in [2.75, 3.05) is 5.32 Å². The van der Waals surface area contributed by atoms with E-state index in [9.17, 15) is 31.1 Å². The van der Waals surface area contributed by atoms with E-state index in [1.807, 2.05) is 0 Å². The van der Waals surface area contributed by atoms with Crippen LogP contribution < -0.4 is 5.32 Å². The van der Waals surface area contributed by atoms with Crippen molar-refractivity contribution in [1.29, 1.82) is 0 Å². The van der Waals surface area contributed by atoms with E-state index in [4.69, 9.17) is 0 Å². The highest BCUT2D eigenvalue weighted by Gasteiger charge is 2.42. The lowest BCUT2D eigenvalue weighted by atomic mass is 10.0. The summed E-state index contributed by atoms with van der Waals surface area (Å²) >= 11 is 0. The van der Waals surface area contributed by atoms with Crippen LogP contribution in [0.2, 0.25) is 0 Å². The SMILES string of the molecule is O=C(CCC1CCCC1)Nc1ccc(-n2nc(C(F)(F)F)cc2C(F)(F)F)cc1. The molecule has 1 aliphatic rings. The summed E-state index contributed by atoms with van der Waals surface area (Å²) in [5, 5.41) is 5.71. The average molecular weight is 419 g/mol. The molecule has 158 valence electrons. The van der Waals surface area contributed by atoms with Crippen LogP contribution in [0.5, 0.6) is 0 Å². The minimum absolute atomic E-state index is 0.0291. The van der Waals surface area contributed by atoms with Crippen molar-refractivity contribution in [2.24, 2.45) is 5.92 Å². The number of hydrogen-bond donors (Lipinski definition) is 1. The molecule has 1 aromatic carbocycles. The summed E-state index contributed by atoms with van der Waals surface area (Å²) in [6, 6.07) is 4.98. The maximum absolute atomic E-state index is 13.1. The summed E-state index contributed by atoms with van der Waals surface area (Å²) in [5.41, 5.74) is -3.01. The van der Waals surface area contributed by atoms with Crippen molar-refractivity contribution in [1.82, 2.24) is 9.78 Å². The first kappa shape index (κ1) is 21.2. The molecule has 0 bridgehead atoms. The van der Waals surface area contributed by atoms with Crippen LogP contribution in [0, 0.1) is 5.92 Å². The Morgan fingerprint density at radius 2 is 1.66 bits per heavy atom. The van der Waals surface area contributed by atoms with Gasteiger partial charge in [0.25, 0.3) is 0 Å². The number of benzene rings is 1. The van der Waals surface area contributed by atoms with Crippen LogP contribution in [0.15, 0.2) is 30.3 Å². The Balaban J connectivity index is 1.72. The molecule has 4 nitrogen and oxygen atoms in total. The molecule has 0 saturated heterocycles. The number of aromatic nitrogens is 2. The molecule has 1 aliphatic carbocycles. The van der Waals surface area contributed by atoms with Crippen LogP contribution in [0.1, 0.15) is 49.9 Å². The number of amides is 1. The Labute approximate surface area is 162 Å². The molecule has 1 saturated carbocycles. The fourth-order valence-electron chi connectivity index (χ4n) is 3.46. The van der Waals surface area contributed by atoms with E-state index in [1.54, 1.807) is 0 Å². The van der Waals surface area contributed by atoms with Crippen LogP contribution in [0.3, 0.4) is 0 Å². The zero-order chi connectivity index (χ0) is 21.2. The van der Waals surface area contributed by atoms with Crippen molar-refractivity contribution in [2.45, 2.75) is 50.9 Å². The molecule has 1 amide bonds. The highest BCUT2D eigenvalue weighted by Crippen LogP contribution is 2.36. The third kappa shape index (κ3) is 5.30. The molecule has 0 spiro atoms. The quantitative estimate of drug-likeness (QED) is 0.621. The second kappa shape index (κ2) is 8.08. The topological polar surface area (TPSA) is 46.9 Å². The molecule has 1 aromatic heterocycles. The van der Waals surface area contributed by atoms with Gasteiger partial charge < -0.3 is 5.32 Å². The minimum Gasteiger partial charge on any atom is -0.326 e. The van der Waals surface area contributed by atoms with Crippen molar-refractivity contribution in [3.8, 4) is 5.69 Å². The third-order valence-corrected chi connectivity index (χ3v) is 4.94. The monoisotopic (exact) mass is 419 g/mol. The van der Waals surface area contributed by atoms with Crippen LogP contribution >= 0.6 is 0 Å². The number of carbonyl (C=O) groups is 1. The standard InChI is InChI=1S/C19H19F6N3O/c20-18(21,22)15-11-16(19(23,24)25)28(27-15)14-8-6-13(7-9-14)26-17(29)10-5-12-3-1-2-4-12/h6-9,11-12H,1-5,10H2,(H,26,29). The lowest BCUT2D eigenvalue weighted by Gasteiger charge is -2.12. The van der Waals surface area contributed by atoms with Crippen molar-refractivity contribution in [3.63, 3.8) is 0 Å². The van der Waals surface area contributed by atoms with Crippen molar-refractivity contribution < 1.29 is 31.1 Å². The first-order chi connectivity index (χ1) is 13.5. The number of rotatable bonds is 5. The zero-order valence-corrected chi connectivity index (χ0v) is 15.3. The molecule has 0 radical (unpaired) electrons. The van der Waals surface area contributed by atoms with Gasteiger partial charge in [0.15, 0.2) is 5.69 Å². The van der Waals surface area contributed by atoms with Gasteiger partial charge in [0.1, 0.15) is 5.69 Å². The second-order valence-electron chi connectivity index (χ2n) is 7.11.